The van der Waals surface area contributed by atoms with Crippen LogP contribution in [0.5, 0.6) is 0 Å². The molecular weight excluding hydrogens is 714 g/mol. The maximum Gasteiger partial charge on any atom is 0.319 e. The number of benzene rings is 2. The number of urea groups is 1. The van der Waals surface area contributed by atoms with Gasteiger partial charge in [-0.2, -0.15) is 0 Å². The lowest BCUT2D eigenvalue weighted by Gasteiger charge is -2.21. The Kier molecular flexibility index (Phi) is 9.57. The molecule has 8 rings (SSSR count). The minimum Gasteiger partial charge on any atom is -0.387 e. The van der Waals surface area contributed by atoms with Crippen molar-refractivity contribution in [3.63, 3.8) is 0 Å². The summed E-state index contributed by atoms with van der Waals surface area (Å²) in [5.41, 5.74) is 13.7. The minimum atomic E-state index is -1.46. The third-order valence-electron chi connectivity index (χ3n) is 9.64. The van der Waals surface area contributed by atoms with Crippen molar-refractivity contribution in [3.05, 3.63) is 67.3 Å². The summed E-state index contributed by atoms with van der Waals surface area (Å²) in [4.78, 5) is 39.8. The van der Waals surface area contributed by atoms with Gasteiger partial charge in [0.05, 0.1) is 18.6 Å². The molecule has 20 nitrogen and oxygen atoms in total. The summed E-state index contributed by atoms with van der Waals surface area (Å²) in [7, 11) is 1.76. The number of fused-ring (bicyclic) bond motifs is 3. The first-order valence-corrected chi connectivity index (χ1v) is 17.2. The molecule has 6 aromatic rings. The van der Waals surface area contributed by atoms with Crippen LogP contribution >= 0.6 is 0 Å². The predicted octanol–water partition coefficient (Wildman–Crippen LogP) is -0.673. The summed E-state index contributed by atoms with van der Waals surface area (Å²) in [6.07, 6.45) is -5.43. The van der Waals surface area contributed by atoms with Crippen LogP contribution < -0.4 is 22.1 Å². The van der Waals surface area contributed by atoms with Crippen molar-refractivity contribution in [2.45, 2.75) is 49.1 Å². The zero-order valence-corrected chi connectivity index (χ0v) is 29.2. The number of aromatic nitrogens is 8. The number of hydrogen-bond donors (Lipinski definition) is 8. The zero-order chi connectivity index (χ0) is 38.4. The molecule has 284 valence electrons. The van der Waals surface area contributed by atoms with E-state index in [2.05, 4.69) is 52.4 Å². The lowest BCUT2D eigenvalue weighted by Crippen LogP contribution is -2.41. The van der Waals surface area contributed by atoms with Gasteiger partial charge in [-0.15, -0.1) is 0 Å². The number of nitrogens with two attached hydrogens (primary N) is 2. The predicted molar refractivity (Wildman–Crippen MR) is 197 cm³/mol. The highest BCUT2D eigenvalue weighted by Gasteiger charge is 2.46. The zero-order valence-electron chi connectivity index (χ0n) is 29.2. The number of rotatable bonds is 8. The number of hydrogen-bond acceptors (Lipinski definition) is 16. The van der Waals surface area contributed by atoms with Crippen molar-refractivity contribution in [1.82, 2.24) is 49.3 Å². The number of aliphatic hydroxyl groups excluding tert-OH is 4. The second-order valence-electron chi connectivity index (χ2n) is 13.3. The normalized spacial score (nSPS) is 25.1. The van der Waals surface area contributed by atoms with Crippen LogP contribution in [0.3, 0.4) is 0 Å². The summed E-state index contributed by atoms with van der Waals surface area (Å²) < 4.78 is 15.1. The molecule has 2 fully saturated rings. The van der Waals surface area contributed by atoms with E-state index in [0.717, 1.165) is 10.8 Å². The van der Waals surface area contributed by atoms with Crippen molar-refractivity contribution >= 4 is 56.5 Å². The third kappa shape index (κ3) is 6.70. The summed E-state index contributed by atoms with van der Waals surface area (Å²) >= 11 is 0. The molecule has 0 spiro atoms. The molecule has 4 aromatic heterocycles. The number of carbonyl (C=O) groups excluding carboxylic acids is 1. The van der Waals surface area contributed by atoms with Crippen molar-refractivity contribution in [3.8, 4) is 11.8 Å². The molecule has 10 N–H and O–H groups in total. The van der Waals surface area contributed by atoms with Gasteiger partial charge in [0.1, 0.15) is 54.8 Å². The molecule has 2 aliphatic heterocycles. The van der Waals surface area contributed by atoms with E-state index in [9.17, 15) is 25.2 Å². The highest BCUT2D eigenvalue weighted by molar-refractivity contribution is 6.01. The van der Waals surface area contributed by atoms with Crippen LogP contribution in [0.25, 0.3) is 33.1 Å². The molecule has 8 atom stereocenters. The number of nitrogens with one attached hydrogen (secondary N) is 2. The van der Waals surface area contributed by atoms with E-state index < -0.39 is 55.1 Å². The van der Waals surface area contributed by atoms with Gasteiger partial charge in [0.15, 0.2) is 46.7 Å². The molecule has 2 amide bonds. The molecule has 0 saturated carbocycles. The molecule has 0 unspecified atom stereocenters. The van der Waals surface area contributed by atoms with E-state index >= 15 is 0 Å². The number of anilines is 3. The van der Waals surface area contributed by atoms with E-state index in [0.29, 0.717) is 16.9 Å². The number of carbonyl (C=O) groups is 1. The quantitative estimate of drug-likeness (QED) is 0.0895. The number of likely N-dealkylation sites (N-methyl/N-ethyl adjacent to an activating group) is 1. The largest absolute Gasteiger partial charge is 0.387 e. The third-order valence-corrected chi connectivity index (χ3v) is 9.64. The highest BCUT2D eigenvalue weighted by atomic mass is 16.6. The van der Waals surface area contributed by atoms with Crippen LogP contribution in [0.15, 0.2) is 61.4 Å². The van der Waals surface area contributed by atoms with Gasteiger partial charge in [0, 0.05) is 18.5 Å². The fraction of sp³-hybridized carbons (Fsp3) is 0.343. The van der Waals surface area contributed by atoms with Crippen molar-refractivity contribution in [2.24, 2.45) is 0 Å². The van der Waals surface area contributed by atoms with Gasteiger partial charge in [-0.05, 0) is 24.4 Å². The molecular formula is C35H37N13O7. The second kappa shape index (κ2) is 14.6. The first-order chi connectivity index (χ1) is 26.6. The Morgan fingerprint density at radius 2 is 1.55 bits per heavy atom. The SMILES string of the molecule is CN(CC#Cc1nc2c(N)ncnc2n1[C@@H]1O[C@H](CNC(=O)Nc2cccc3ccccc23)[C@@H](O)[C@H]1O)C[C@H]1O[C@@H](n2cnc3c(N)ncnc32)[C@H](O)[C@@H]1O. The van der Waals surface area contributed by atoms with Crippen LogP contribution in [-0.4, -0.2) is 134 Å². The van der Waals surface area contributed by atoms with E-state index in [4.69, 9.17) is 20.9 Å². The van der Waals surface area contributed by atoms with Crippen LogP contribution in [0.4, 0.5) is 22.1 Å². The number of ether oxygens (including phenoxy) is 2. The molecule has 2 saturated heterocycles. The number of amides is 2. The molecule has 6 heterocycles. The Morgan fingerprint density at radius 3 is 2.36 bits per heavy atom. The average Bonchev–Trinajstić information content (AvgIpc) is 3.92. The van der Waals surface area contributed by atoms with Crippen LogP contribution in [0.1, 0.15) is 18.3 Å². The standard InChI is InChI=1S/C35H37N13O7/c1-46(13-21-26(50)27(51)33(55-21)47-16-43-23-29(36)39-14-41-31(23)47)11-5-10-22-45-24-30(37)40-15-42-32(24)48(22)34-28(52)25(49)20(54-34)12-38-35(53)44-19-9-4-7-17-6-2-3-8-18(17)19/h2-4,6-9,14-16,20-21,25-28,33-34,49-52H,11-13H2,1H3,(H2,36,39,41)(H2,37,40,42)(H2,38,44,53)/t20-,21-,25-,26-,27-,28-,33-,34-/m1/s1. The first kappa shape index (κ1) is 36.0. The molecule has 0 radical (unpaired) electrons. The van der Waals surface area contributed by atoms with Gasteiger partial charge in [0.25, 0.3) is 0 Å². The number of imidazole rings is 2. The molecule has 55 heavy (non-hydrogen) atoms. The molecule has 0 bridgehead atoms. The van der Waals surface area contributed by atoms with E-state index in [1.54, 1.807) is 18.0 Å². The Labute approximate surface area is 311 Å². The summed E-state index contributed by atoms with van der Waals surface area (Å²) in [5.74, 6) is 6.36. The smallest absolute Gasteiger partial charge is 0.319 e. The van der Waals surface area contributed by atoms with Crippen molar-refractivity contribution in [1.29, 1.82) is 0 Å². The fourth-order valence-corrected chi connectivity index (χ4v) is 6.85. The Hall–Kier alpha value is -6.05. The van der Waals surface area contributed by atoms with E-state index in [1.807, 2.05) is 36.4 Å². The van der Waals surface area contributed by atoms with Crippen LogP contribution in [0.2, 0.25) is 0 Å². The maximum atomic E-state index is 12.9. The molecule has 2 aliphatic rings. The van der Waals surface area contributed by atoms with Crippen molar-refractivity contribution < 1.29 is 34.7 Å². The Balaban J connectivity index is 0.948. The maximum absolute atomic E-state index is 12.9. The number of nitrogen functional groups attached to an aromatic ring is 2. The lowest BCUT2D eigenvalue weighted by molar-refractivity contribution is -0.0413. The number of aliphatic hydroxyl groups is 4. The van der Waals surface area contributed by atoms with Gasteiger partial charge in [-0.1, -0.05) is 42.3 Å². The topological polar surface area (TPSA) is 283 Å². The highest BCUT2D eigenvalue weighted by Crippen LogP contribution is 2.34. The van der Waals surface area contributed by atoms with Crippen molar-refractivity contribution in [2.75, 3.05) is 43.5 Å². The van der Waals surface area contributed by atoms with Gasteiger partial charge in [0.2, 0.25) is 0 Å². The van der Waals surface area contributed by atoms with Gasteiger partial charge >= 0.3 is 6.03 Å². The van der Waals surface area contributed by atoms with Gasteiger partial charge in [-0.3, -0.25) is 14.0 Å². The fourth-order valence-electron chi connectivity index (χ4n) is 6.85. The first-order valence-electron chi connectivity index (χ1n) is 17.2. The Morgan fingerprint density at radius 1 is 0.855 bits per heavy atom. The van der Waals surface area contributed by atoms with E-state index in [1.165, 1.54) is 28.1 Å². The van der Waals surface area contributed by atoms with Gasteiger partial charge < -0.3 is 52.0 Å². The number of nitrogens with zero attached hydrogens (tertiary/aromatic N) is 9. The summed E-state index contributed by atoms with van der Waals surface area (Å²) in [6, 6.07) is 12.7. The molecule has 20 heteroatoms. The Bertz CT molecular complexity index is 2440. The minimum absolute atomic E-state index is 0.0700. The van der Waals surface area contributed by atoms with Crippen LogP contribution in [-0.2, 0) is 9.47 Å². The summed E-state index contributed by atoms with van der Waals surface area (Å²) in [6.45, 7) is 0.205. The average molecular weight is 752 g/mol. The monoisotopic (exact) mass is 751 g/mol. The molecule has 0 aliphatic carbocycles. The lowest BCUT2D eigenvalue weighted by atomic mass is 10.1. The second-order valence-corrected chi connectivity index (χ2v) is 13.3. The summed E-state index contributed by atoms with van der Waals surface area (Å²) in [5, 5.41) is 51.3. The van der Waals surface area contributed by atoms with Gasteiger partial charge in [-0.25, -0.2) is 34.7 Å². The van der Waals surface area contributed by atoms with E-state index in [-0.39, 0.29) is 48.3 Å². The van der Waals surface area contributed by atoms with Crippen LogP contribution in [0, 0.1) is 11.8 Å². The molecule has 2 aromatic carbocycles.